The molecule has 0 bridgehead atoms. The van der Waals surface area contributed by atoms with E-state index in [9.17, 15) is 9.59 Å². The predicted molar refractivity (Wildman–Crippen MR) is 129 cm³/mol. The molecule has 0 unspecified atom stereocenters. The normalized spacial score (nSPS) is 11.8. The molecule has 7 nitrogen and oxygen atoms in total. The van der Waals surface area contributed by atoms with Crippen molar-refractivity contribution in [1.29, 1.82) is 0 Å². The summed E-state index contributed by atoms with van der Waals surface area (Å²) in [6.07, 6.45) is 0. The van der Waals surface area contributed by atoms with Crippen LogP contribution in [0.5, 0.6) is 0 Å². The maximum absolute atomic E-state index is 12.5. The van der Waals surface area contributed by atoms with Crippen LogP contribution < -0.4 is 10.6 Å². The summed E-state index contributed by atoms with van der Waals surface area (Å²) in [5.41, 5.74) is 2.24. The number of aromatic nitrogens is 3. The van der Waals surface area contributed by atoms with E-state index in [4.69, 9.17) is 23.2 Å². The lowest BCUT2D eigenvalue weighted by molar-refractivity contribution is -0.113. The van der Waals surface area contributed by atoms with E-state index < -0.39 is 0 Å². The number of carbonyl (C=O) groups is 2. The van der Waals surface area contributed by atoms with Gasteiger partial charge in [0.2, 0.25) is 5.91 Å². The largest absolute Gasteiger partial charge is 0.342 e. The van der Waals surface area contributed by atoms with E-state index in [-0.39, 0.29) is 23.6 Å². The summed E-state index contributed by atoms with van der Waals surface area (Å²) in [4.78, 5) is 24.9. The Kier molecular flexibility index (Phi) is 8.17. The first kappa shape index (κ1) is 24.1. The van der Waals surface area contributed by atoms with Crippen molar-refractivity contribution in [3.63, 3.8) is 0 Å². The standard InChI is InChI=1S/C22H23Cl2N5O2S/c1-4-29-20(14(3)25-21(31)15-7-5-13(2)6-8-15)27-28-22(29)32-12-19(30)26-16-9-10-17(23)18(24)11-16/h5-11,14H,4,12H2,1-3H3,(H,25,31)(H,26,30)/t14-/m0/s1. The van der Waals surface area contributed by atoms with Gasteiger partial charge in [-0.05, 0) is 51.1 Å². The fourth-order valence-electron chi connectivity index (χ4n) is 2.97. The van der Waals surface area contributed by atoms with Crippen molar-refractivity contribution in [1.82, 2.24) is 20.1 Å². The zero-order valence-corrected chi connectivity index (χ0v) is 20.2. The number of anilines is 1. The molecule has 0 fully saturated rings. The van der Waals surface area contributed by atoms with Gasteiger partial charge in [0.25, 0.3) is 5.91 Å². The molecule has 32 heavy (non-hydrogen) atoms. The number of thioether (sulfide) groups is 1. The van der Waals surface area contributed by atoms with Crippen molar-refractivity contribution < 1.29 is 9.59 Å². The van der Waals surface area contributed by atoms with Crippen LogP contribution >= 0.6 is 35.0 Å². The SMILES string of the molecule is CCn1c(SCC(=O)Nc2ccc(Cl)c(Cl)c2)nnc1[C@H](C)NC(=O)c1ccc(C)cc1. The predicted octanol–water partition coefficient (Wildman–Crippen LogP) is 5.14. The summed E-state index contributed by atoms with van der Waals surface area (Å²) >= 11 is 13.2. The molecule has 0 saturated carbocycles. The van der Waals surface area contributed by atoms with E-state index in [0.29, 0.717) is 38.8 Å². The summed E-state index contributed by atoms with van der Waals surface area (Å²) in [6.45, 7) is 6.39. The second-order valence-corrected chi connectivity index (χ2v) is 8.87. The monoisotopic (exact) mass is 491 g/mol. The molecular weight excluding hydrogens is 469 g/mol. The molecule has 2 amide bonds. The van der Waals surface area contributed by atoms with Crippen molar-refractivity contribution in [2.24, 2.45) is 0 Å². The Morgan fingerprint density at radius 2 is 1.81 bits per heavy atom. The molecule has 2 aromatic carbocycles. The number of carbonyl (C=O) groups excluding carboxylic acids is 2. The highest BCUT2D eigenvalue weighted by molar-refractivity contribution is 7.99. The van der Waals surface area contributed by atoms with Crippen LogP contribution in [-0.2, 0) is 11.3 Å². The van der Waals surface area contributed by atoms with Gasteiger partial charge >= 0.3 is 0 Å². The van der Waals surface area contributed by atoms with Crippen molar-refractivity contribution >= 4 is 52.5 Å². The third-order valence-electron chi connectivity index (χ3n) is 4.65. The van der Waals surface area contributed by atoms with Gasteiger partial charge in [-0.15, -0.1) is 10.2 Å². The highest BCUT2D eigenvalue weighted by Gasteiger charge is 2.20. The number of benzene rings is 2. The Balaban J connectivity index is 1.62. The number of halogens is 2. The number of nitrogens with one attached hydrogen (secondary N) is 2. The van der Waals surface area contributed by atoms with Crippen molar-refractivity contribution in [2.45, 2.75) is 38.5 Å². The van der Waals surface area contributed by atoms with E-state index >= 15 is 0 Å². The Morgan fingerprint density at radius 1 is 1.09 bits per heavy atom. The average molecular weight is 492 g/mol. The fraction of sp³-hybridized carbons (Fsp3) is 0.273. The van der Waals surface area contributed by atoms with Crippen LogP contribution in [0, 0.1) is 6.92 Å². The quantitative estimate of drug-likeness (QED) is 0.426. The summed E-state index contributed by atoms with van der Waals surface area (Å²) in [5.74, 6) is 0.377. The van der Waals surface area contributed by atoms with Gasteiger partial charge in [0, 0.05) is 17.8 Å². The second kappa shape index (κ2) is 10.8. The minimum absolute atomic E-state index is 0.141. The molecule has 0 aliphatic carbocycles. The molecular formula is C22H23Cl2N5O2S. The molecule has 3 rings (SSSR count). The van der Waals surface area contributed by atoms with Crippen LogP contribution in [0.25, 0.3) is 0 Å². The highest BCUT2D eigenvalue weighted by Crippen LogP contribution is 2.26. The van der Waals surface area contributed by atoms with Crippen LogP contribution in [0.1, 0.15) is 41.6 Å². The van der Waals surface area contributed by atoms with Crippen molar-refractivity contribution in [2.75, 3.05) is 11.1 Å². The third kappa shape index (κ3) is 6.03. The Morgan fingerprint density at radius 3 is 2.47 bits per heavy atom. The summed E-state index contributed by atoms with van der Waals surface area (Å²) in [6, 6.07) is 11.9. The third-order valence-corrected chi connectivity index (χ3v) is 6.35. The first-order valence-electron chi connectivity index (χ1n) is 9.96. The summed E-state index contributed by atoms with van der Waals surface area (Å²) < 4.78 is 1.89. The molecule has 0 radical (unpaired) electrons. The fourth-order valence-corrected chi connectivity index (χ4v) is 4.08. The summed E-state index contributed by atoms with van der Waals surface area (Å²) in [5, 5.41) is 15.6. The van der Waals surface area contributed by atoms with Crippen LogP contribution in [-0.4, -0.2) is 32.3 Å². The highest BCUT2D eigenvalue weighted by atomic mass is 35.5. The lowest BCUT2D eigenvalue weighted by atomic mass is 10.1. The molecule has 0 aliphatic rings. The lowest BCUT2D eigenvalue weighted by Crippen LogP contribution is -2.28. The van der Waals surface area contributed by atoms with Gasteiger partial charge in [0.15, 0.2) is 11.0 Å². The van der Waals surface area contributed by atoms with Crippen LogP contribution in [0.15, 0.2) is 47.6 Å². The van der Waals surface area contributed by atoms with Gasteiger partial charge in [0.05, 0.1) is 21.8 Å². The van der Waals surface area contributed by atoms with Gasteiger partial charge < -0.3 is 15.2 Å². The molecule has 2 N–H and O–H groups in total. The van der Waals surface area contributed by atoms with Gasteiger partial charge in [-0.2, -0.15) is 0 Å². The van der Waals surface area contributed by atoms with Crippen molar-refractivity contribution in [3.8, 4) is 0 Å². The number of hydrogen-bond acceptors (Lipinski definition) is 5. The first-order valence-corrected chi connectivity index (χ1v) is 11.7. The number of amides is 2. The van der Waals surface area contributed by atoms with Crippen molar-refractivity contribution in [3.05, 3.63) is 69.5 Å². The number of nitrogens with zero attached hydrogens (tertiary/aromatic N) is 3. The molecule has 0 spiro atoms. The Hall–Kier alpha value is -2.55. The van der Waals surface area contributed by atoms with E-state index in [2.05, 4.69) is 20.8 Å². The second-order valence-electron chi connectivity index (χ2n) is 7.11. The maximum atomic E-state index is 12.5. The number of hydrogen-bond donors (Lipinski definition) is 2. The molecule has 1 atom stereocenters. The first-order chi connectivity index (χ1) is 15.3. The Bertz CT molecular complexity index is 1120. The smallest absolute Gasteiger partial charge is 0.251 e. The van der Waals surface area contributed by atoms with E-state index in [0.717, 1.165) is 5.56 Å². The van der Waals surface area contributed by atoms with E-state index in [1.807, 2.05) is 37.5 Å². The van der Waals surface area contributed by atoms with Gasteiger partial charge in [-0.3, -0.25) is 9.59 Å². The lowest BCUT2D eigenvalue weighted by Gasteiger charge is -2.15. The minimum Gasteiger partial charge on any atom is -0.342 e. The molecule has 10 heteroatoms. The maximum Gasteiger partial charge on any atom is 0.251 e. The molecule has 1 heterocycles. The van der Waals surface area contributed by atoms with Crippen LogP contribution in [0.2, 0.25) is 10.0 Å². The average Bonchev–Trinajstić information content (AvgIpc) is 3.18. The minimum atomic E-state index is -0.351. The zero-order valence-electron chi connectivity index (χ0n) is 17.9. The van der Waals surface area contributed by atoms with Gasteiger partial charge in [0.1, 0.15) is 0 Å². The Labute approximate surface area is 200 Å². The molecule has 3 aromatic rings. The number of aryl methyl sites for hydroxylation is 1. The van der Waals surface area contributed by atoms with Crippen LogP contribution in [0.4, 0.5) is 5.69 Å². The van der Waals surface area contributed by atoms with Gasteiger partial charge in [-0.1, -0.05) is 52.7 Å². The number of rotatable bonds is 8. The topological polar surface area (TPSA) is 88.9 Å². The van der Waals surface area contributed by atoms with Crippen LogP contribution in [0.3, 0.4) is 0 Å². The van der Waals surface area contributed by atoms with E-state index in [1.54, 1.807) is 30.3 Å². The van der Waals surface area contributed by atoms with Gasteiger partial charge in [-0.25, -0.2) is 0 Å². The molecule has 0 saturated heterocycles. The summed E-state index contributed by atoms with van der Waals surface area (Å²) in [7, 11) is 0. The molecule has 1 aromatic heterocycles. The van der Waals surface area contributed by atoms with E-state index in [1.165, 1.54) is 11.8 Å². The molecule has 168 valence electrons. The zero-order chi connectivity index (χ0) is 23.3. The molecule has 0 aliphatic heterocycles.